The number of hydrogen-bond donors (Lipinski definition) is 2. The van der Waals surface area contributed by atoms with Crippen LogP contribution in [-0.2, 0) is 4.79 Å². The van der Waals surface area contributed by atoms with Gasteiger partial charge in [-0.3, -0.25) is 14.5 Å². The van der Waals surface area contributed by atoms with Crippen LogP contribution in [0.1, 0.15) is 55.3 Å². The molecule has 0 aliphatic carbocycles. The Morgan fingerprint density at radius 2 is 1.88 bits per heavy atom. The summed E-state index contributed by atoms with van der Waals surface area (Å²) in [5, 5.41) is 6.03. The van der Waals surface area contributed by atoms with Crippen LogP contribution in [0.5, 0.6) is 0 Å². The highest BCUT2D eigenvalue weighted by Crippen LogP contribution is 2.16. The molecule has 0 saturated carbocycles. The smallest absolute Gasteiger partial charge is 0.255 e. The second-order valence-electron chi connectivity index (χ2n) is 7.28. The Morgan fingerprint density at radius 1 is 1.24 bits per heavy atom. The topological polar surface area (TPSA) is 74.6 Å². The van der Waals surface area contributed by atoms with Crippen molar-refractivity contribution in [3.8, 4) is 0 Å². The molecule has 0 fully saturated rings. The summed E-state index contributed by atoms with van der Waals surface area (Å²) < 4.78 is 5.31. The van der Waals surface area contributed by atoms with E-state index < -0.39 is 0 Å². The fraction of sp³-hybridized carbons (Fsp3) is 0.684. The third kappa shape index (κ3) is 6.20. The van der Waals surface area contributed by atoms with Gasteiger partial charge in [-0.25, -0.2) is 0 Å². The lowest BCUT2D eigenvalue weighted by molar-refractivity contribution is -0.125. The van der Waals surface area contributed by atoms with Gasteiger partial charge in [0.25, 0.3) is 5.91 Å². The number of furan rings is 1. The lowest BCUT2D eigenvalue weighted by Gasteiger charge is -2.25. The van der Waals surface area contributed by atoms with Crippen LogP contribution >= 0.6 is 0 Å². The summed E-state index contributed by atoms with van der Waals surface area (Å²) in [4.78, 5) is 26.8. The van der Waals surface area contributed by atoms with Crippen molar-refractivity contribution < 1.29 is 14.0 Å². The van der Waals surface area contributed by atoms with Gasteiger partial charge in [-0.15, -0.1) is 0 Å². The monoisotopic (exact) mass is 351 g/mol. The molecule has 142 valence electrons. The molecule has 1 aromatic heterocycles. The van der Waals surface area contributed by atoms with Crippen molar-refractivity contribution in [2.24, 2.45) is 5.92 Å². The molecule has 2 unspecified atom stereocenters. The summed E-state index contributed by atoms with van der Waals surface area (Å²) in [6.45, 7) is 10.2. The predicted molar refractivity (Wildman–Crippen MR) is 99.7 cm³/mol. The fourth-order valence-corrected chi connectivity index (χ4v) is 3.06. The summed E-state index contributed by atoms with van der Waals surface area (Å²) in [7, 11) is 3.79. The van der Waals surface area contributed by atoms with Gasteiger partial charge in [0, 0.05) is 18.2 Å². The van der Waals surface area contributed by atoms with Crippen LogP contribution in [0.3, 0.4) is 0 Å². The minimum atomic E-state index is -0.159. The van der Waals surface area contributed by atoms with Crippen molar-refractivity contribution in [2.45, 2.75) is 59.5 Å². The van der Waals surface area contributed by atoms with Gasteiger partial charge in [0.2, 0.25) is 5.91 Å². The number of nitrogens with one attached hydrogen (secondary N) is 2. The van der Waals surface area contributed by atoms with Crippen LogP contribution in [0.2, 0.25) is 0 Å². The highest BCUT2D eigenvalue weighted by Gasteiger charge is 2.23. The van der Waals surface area contributed by atoms with Gasteiger partial charge in [-0.05, 0) is 46.7 Å². The molecule has 25 heavy (non-hydrogen) atoms. The first-order chi connectivity index (χ1) is 11.7. The summed E-state index contributed by atoms with van der Waals surface area (Å²) in [5.41, 5.74) is 1.40. The highest BCUT2D eigenvalue weighted by molar-refractivity contribution is 5.96. The number of carbonyl (C=O) groups excluding carboxylic acids is 2. The van der Waals surface area contributed by atoms with E-state index in [1.807, 2.05) is 32.8 Å². The number of amides is 2. The van der Waals surface area contributed by atoms with Crippen LogP contribution in [0.25, 0.3) is 0 Å². The van der Waals surface area contributed by atoms with Crippen molar-refractivity contribution >= 4 is 11.8 Å². The molecule has 0 aromatic carbocycles. The Balaban J connectivity index is 2.74. The van der Waals surface area contributed by atoms with Gasteiger partial charge in [0.15, 0.2) is 0 Å². The number of hydrogen-bond acceptors (Lipinski definition) is 4. The molecule has 1 aromatic rings. The Morgan fingerprint density at radius 3 is 2.32 bits per heavy atom. The van der Waals surface area contributed by atoms with Crippen LogP contribution in [0.4, 0.5) is 0 Å². The summed E-state index contributed by atoms with van der Waals surface area (Å²) in [5.74, 6) is 0.861. The lowest BCUT2D eigenvalue weighted by Crippen LogP contribution is -2.49. The van der Waals surface area contributed by atoms with Gasteiger partial charge in [-0.1, -0.05) is 20.8 Å². The van der Waals surface area contributed by atoms with Crippen LogP contribution in [0, 0.1) is 19.8 Å². The zero-order chi connectivity index (χ0) is 19.1. The normalized spacial score (nSPS) is 13.8. The molecule has 0 aliphatic heterocycles. The summed E-state index contributed by atoms with van der Waals surface area (Å²) in [6, 6.07) is -0.279. The molecular formula is C19H33N3O3. The van der Waals surface area contributed by atoms with Crippen LogP contribution < -0.4 is 10.6 Å². The predicted octanol–water partition coefficient (Wildman–Crippen LogP) is 2.50. The standard InChI is InChI=1S/C19H33N3O3/c1-8-16(22(6)7)18(23)20-10-15(9-12(2)3)21-19(24)17-13(4)11-25-14(17)5/h11-12,15-16H,8-10H2,1-7H3,(H,20,23)(H,21,24). The summed E-state index contributed by atoms with van der Waals surface area (Å²) in [6.07, 6.45) is 3.13. The van der Waals surface area contributed by atoms with Gasteiger partial charge >= 0.3 is 0 Å². The zero-order valence-corrected chi connectivity index (χ0v) is 16.6. The molecule has 0 spiro atoms. The van der Waals surface area contributed by atoms with E-state index in [1.54, 1.807) is 13.2 Å². The van der Waals surface area contributed by atoms with Crippen LogP contribution in [0.15, 0.2) is 10.7 Å². The molecule has 2 amide bonds. The van der Waals surface area contributed by atoms with E-state index in [1.165, 1.54) is 0 Å². The van der Waals surface area contributed by atoms with Crippen LogP contribution in [-0.4, -0.2) is 49.4 Å². The molecule has 0 radical (unpaired) electrons. The van der Waals surface area contributed by atoms with Crippen molar-refractivity contribution in [3.63, 3.8) is 0 Å². The molecule has 0 aliphatic rings. The third-order valence-electron chi connectivity index (χ3n) is 4.31. The largest absolute Gasteiger partial charge is 0.469 e. The second-order valence-corrected chi connectivity index (χ2v) is 7.28. The van der Waals surface area contributed by atoms with E-state index in [0.29, 0.717) is 23.8 Å². The SMILES string of the molecule is CCC(C(=O)NCC(CC(C)C)NC(=O)c1c(C)coc1C)N(C)C. The minimum Gasteiger partial charge on any atom is -0.469 e. The molecule has 1 heterocycles. The number of nitrogens with zero attached hydrogens (tertiary/aromatic N) is 1. The molecular weight excluding hydrogens is 318 g/mol. The number of aryl methyl sites for hydroxylation is 2. The molecule has 6 nitrogen and oxygen atoms in total. The van der Waals surface area contributed by atoms with E-state index in [4.69, 9.17) is 4.42 Å². The van der Waals surface area contributed by atoms with Gasteiger partial charge in [-0.2, -0.15) is 0 Å². The maximum Gasteiger partial charge on any atom is 0.255 e. The van der Waals surface area contributed by atoms with Gasteiger partial charge in [0.1, 0.15) is 5.76 Å². The first-order valence-electron chi connectivity index (χ1n) is 8.97. The number of likely N-dealkylation sites (N-methyl/N-ethyl adjacent to an activating group) is 1. The Bertz CT molecular complexity index is 559. The van der Waals surface area contributed by atoms with Crippen molar-refractivity contribution in [1.82, 2.24) is 15.5 Å². The molecule has 0 bridgehead atoms. The molecule has 1 rings (SSSR count). The lowest BCUT2D eigenvalue weighted by atomic mass is 10.0. The maximum absolute atomic E-state index is 12.6. The number of carbonyl (C=O) groups is 2. The zero-order valence-electron chi connectivity index (χ0n) is 16.6. The van der Waals surface area contributed by atoms with E-state index in [0.717, 1.165) is 18.4 Å². The summed E-state index contributed by atoms with van der Waals surface area (Å²) >= 11 is 0. The number of rotatable bonds is 9. The van der Waals surface area contributed by atoms with Crippen molar-refractivity contribution in [3.05, 3.63) is 23.2 Å². The third-order valence-corrected chi connectivity index (χ3v) is 4.31. The molecule has 2 N–H and O–H groups in total. The Kier molecular flexibility index (Phi) is 8.16. The van der Waals surface area contributed by atoms with E-state index in [9.17, 15) is 9.59 Å². The molecule has 2 atom stereocenters. The molecule has 6 heteroatoms. The quantitative estimate of drug-likeness (QED) is 0.717. The van der Waals surface area contributed by atoms with Gasteiger partial charge < -0.3 is 15.1 Å². The first-order valence-corrected chi connectivity index (χ1v) is 8.97. The maximum atomic E-state index is 12.6. The highest BCUT2D eigenvalue weighted by atomic mass is 16.3. The van der Waals surface area contributed by atoms with E-state index in [2.05, 4.69) is 24.5 Å². The van der Waals surface area contributed by atoms with E-state index in [-0.39, 0.29) is 23.9 Å². The first kappa shape index (κ1) is 21.2. The Labute approximate surface area is 151 Å². The Hall–Kier alpha value is -1.82. The average Bonchev–Trinajstić information content (AvgIpc) is 2.83. The van der Waals surface area contributed by atoms with Crippen molar-refractivity contribution in [2.75, 3.05) is 20.6 Å². The molecule has 0 saturated heterocycles. The van der Waals surface area contributed by atoms with E-state index >= 15 is 0 Å². The van der Waals surface area contributed by atoms with Crippen molar-refractivity contribution in [1.29, 1.82) is 0 Å². The van der Waals surface area contributed by atoms with Gasteiger partial charge in [0.05, 0.1) is 17.9 Å². The fourth-order valence-electron chi connectivity index (χ4n) is 3.06. The second kappa shape index (κ2) is 9.61. The minimum absolute atomic E-state index is 0.00817. The average molecular weight is 351 g/mol.